The summed E-state index contributed by atoms with van der Waals surface area (Å²) in [6.45, 7) is 9.64. The van der Waals surface area contributed by atoms with E-state index in [9.17, 15) is 14.4 Å². The maximum atomic E-state index is 13.2. The van der Waals surface area contributed by atoms with Crippen LogP contribution in [-0.4, -0.2) is 52.4 Å². The first-order valence-electron chi connectivity index (χ1n) is 12.4. The molecule has 192 valence electrons. The Labute approximate surface area is 220 Å². The number of fused-ring (bicyclic) bond motifs is 1. The fourth-order valence-electron chi connectivity index (χ4n) is 4.13. The van der Waals surface area contributed by atoms with Crippen molar-refractivity contribution in [3.8, 4) is 0 Å². The van der Waals surface area contributed by atoms with Crippen LogP contribution in [0.5, 0.6) is 0 Å². The average molecular weight is 518 g/mol. The van der Waals surface area contributed by atoms with E-state index < -0.39 is 0 Å². The van der Waals surface area contributed by atoms with Gasteiger partial charge in [0.15, 0.2) is 0 Å². The number of nitrogens with one attached hydrogen (secondary N) is 2. The molecular formula is C28H31N5O3S. The molecule has 2 aromatic carbocycles. The van der Waals surface area contributed by atoms with Crippen molar-refractivity contribution in [1.82, 2.24) is 19.8 Å². The van der Waals surface area contributed by atoms with Crippen molar-refractivity contribution in [2.45, 2.75) is 27.3 Å². The van der Waals surface area contributed by atoms with E-state index in [0.717, 1.165) is 25.2 Å². The lowest BCUT2D eigenvalue weighted by molar-refractivity contribution is 0.0948. The van der Waals surface area contributed by atoms with Gasteiger partial charge >= 0.3 is 0 Å². The molecule has 0 fully saturated rings. The number of anilines is 1. The first kappa shape index (κ1) is 26.2. The van der Waals surface area contributed by atoms with Crippen LogP contribution in [0.2, 0.25) is 0 Å². The van der Waals surface area contributed by atoms with Gasteiger partial charge in [0.2, 0.25) is 0 Å². The summed E-state index contributed by atoms with van der Waals surface area (Å²) in [7, 11) is 0. The molecule has 0 radical (unpaired) electrons. The fraction of sp³-hybridized carbons (Fsp3) is 0.286. The van der Waals surface area contributed by atoms with Gasteiger partial charge in [-0.25, -0.2) is 4.98 Å². The predicted molar refractivity (Wildman–Crippen MR) is 149 cm³/mol. The Morgan fingerprint density at radius 1 is 1.00 bits per heavy atom. The number of aryl methyl sites for hydroxylation is 1. The van der Waals surface area contributed by atoms with Crippen LogP contribution in [0.3, 0.4) is 0 Å². The van der Waals surface area contributed by atoms with E-state index >= 15 is 0 Å². The van der Waals surface area contributed by atoms with Crippen molar-refractivity contribution in [2.24, 2.45) is 0 Å². The second-order valence-corrected chi connectivity index (χ2v) is 9.71. The van der Waals surface area contributed by atoms with Crippen LogP contribution in [-0.2, 0) is 6.54 Å². The molecule has 0 saturated heterocycles. The first-order valence-corrected chi connectivity index (χ1v) is 13.2. The summed E-state index contributed by atoms with van der Waals surface area (Å²) in [6.07, 6.45) is 1.53. The van der Waals surface area contributed by atoms with Crippen molar-refractivity contribution in [2.75, 3.05) is 31.5 Å². The highest BCUT2D eigenvalue weighted by molar-refractivity contribution is 7.20. The number of rotatable bonds is 10. The van der Waals surface area contributed by atoms with E-state index in [-0.39, 0.29) is 17.4 Å². The Morgan fingerprint density at radius 2 is 1.70 bits per heavy atom. The van der Waals surface area contributed by atoms with Crippen LogP contribution in [0.25, 0.3) is 10.2 Å². The third kappa shape index (κ3) is 6.12. The summed E-state index contributed by atoms with van der Waals surface area (Å²) in [6, 6.07) is 16.5. The highest BCUT2D eigenvalue weighted by Gasteiger charge is 2.20. The molecule has 0 spiro atoms. The average Bonchev–Trinajstić information content (AvgIpc) is 3.26. The second kappa shape index (κ2) is 11.9. The molecule has 0 unspecified atom stereocenters. The number of thiophene rings is 1. The lowest BCUT2D eigenvalue weighted by Gasteiger charge is -2.17. The SMILES string of the molecule is CCN(CC)CCNC(=O)c1ccc(NC(=O)c2sc3ncn(Cc4ccccc4)c(=O)c3c2C)cc1. The third-order valence-electron chi connectivity index (χ3n) is 6.33. The summed E-state index contributed by atoms with van der Waals surface area (Å²) >= 11 is 1.20. The standard InChI is InChI=1S/C28H31N5O3S/c1-4-32(5-2)16-15-29-25(34)21-11-13-22(14-12-21)31-26(35)24-19(3)23-27(37-24)30-18-33(28(23)36)17-20-9-7-6-8-10-20/h6-14,18H,4-5,15-17H2,1-3H3,(H,29,34)(H,31,35). The molecule has 9 heteroatoms. The molecule has 37 heavy (non-hydrogen) atoms. The zero-order valence-corrected chi connectivity index (χ0v) is 22.1. The summed E-state index contributed by atoms with van der Waals surface area (Å²) in [5.74, 6) is -0.464. The first-order chi connectivity index (χ1) is 17.9. The number of likely N-dealkylation sites (N-methyl/N-ethyl adjacent to an activating group) is 1. The maximum Gasteiger partial charge on any atom is 0.266 e. The third-order valence-corrected chi connectivity index (χ3v) is 7.53. The molecule has 8 nitrogen and oxygen atoms in total. The van der Waals surface area contributed by atoms with Crippen LogP contribution < -0.4 is 16.2 Å². The number of nitrogens with zero attached hydrogens (tertiary/aromatic N) is 3. The Balaban J connectivity index is 1.44. The molecule has 0 aliphatic carbocycles. The number of benzene rings is 2. The Hall–Kier alpha value is -3.82. The highest BCUT2D eigenvalue weighted by Crippen LogP contribution is 2.27. The van der Waals surface area contributed by atoms with Gasteiger partial charge in [0.05, 0.1) is 23.1 Å². The number of hydrogen-bond acceptors (Lipinski definition) is 6. The molecule has 0 aliphatic heterocycles. The largest absolute Gasteiger partial charge is 0.351 e. The smallest absolute Gasteiger partial charge is 0.266 e. The van der Waals surface area contributed by atoms with Crippen molar-refractivity contribution in [1.29, 1.82) is 0 Å². The van der Waals surface area contributed by atoms with Crippen LogP contribution >= 0.6 is 11.3 Å². The Bertz CT molecular complexity index is 1440. The van der Waals surface area contributed by atoms with Crippen molar-refractivity contribution >= 4 is 39.1 Å². The van der Waals surface area contributed by atoms with E-state index in [1.54, 1.807) is 35.8 Å². The number of carbonyl (C=O) groups is 2. The molecule has 2 amide bonds. The van der Waals surface area contributed by atoms with E-state index in [1.165, 1.54) is 17.7 Å². The Kier molecular flexibility index (Phi) is 8.47. The molecular weight excluding hydrogens is 486 g/mol. The molecule has 0 atom stereocenters. The monoisotopic (exact) mass is 517 g/mol. The number of hydrogen-bond donors (Lipinski definition) is 2. The molecule has 2 N–H and O–H groups in total. The van der Waals surface area contributed by atoms with Crippen LogP contribution in [0.4, 0.5) is 5.69 Å². The van der Waals surface area contributed by atoms with E-state index in [0.29, 0.717) is 45.0 Å². The lowest BCUT2D eigenvalue weighted by Crippen LogP contribution is -2.34. The summed E-state index contributed by atoms with van der Waals surface area (Å²) in [5.41, 5.74) is 2.53. The minimum Gasteiger partial charge on any atom is -0.351 e. The van der Waals surface area contributed by atoms with Crippen LogP contribution in [0.15, 0.2) is 65.7 Å². The lowest BCUT2D eigenvalue weighted by atomic mass is 10.1. The zero-order chi connectivity index (χ0) is 26.4. The van der Waals surface area contributed by atoms with Crippen molar-refractivity contribution < 1.29 is 9.59 Å². The van der Waals surface area contributed by atoms with E-state index in [4.69, 9.17) is 0 Å². The predicted octanol–water partition coefficient (Wildman–Crippen LogP) is 4.14. The molecule has 4 rings (SSSR count). The summed E-state index contributed by atoms with van der Waals surface area (Å²) < 4.78 is 1.56. The van der Waals surface area contributed by atoms with Gasteiger partial charge < -0.3 is 15.5 Å². The van der Waals surface area contributed by atoms with Crippen molar-refractivity contribution in [3.63, 3.8) is 0 Å². The summed E-state index contributed by atoms with van der Waals surface area (Å²) in [4.78, 5) is 46.3. The Morgan fingerprint density at radius 3 is 2.38 bits per heavy atom. The van der Waals surface area contributed by atoms with Gasteiger partial charge in [-0.05, 0) is 55.4 Å². The number of carbonyl (C=O) groups excluding carboxylic acids is 2. The van der Waals surface area contributed by atoms with Gasteiger partial charge in [0.1, 0.15) is 4.83 Å². The topological polar surface area (TPSA) is 96.3 Å². The molecule has 0 saturated carbocycles. The number of amides is 2. The minimum atomic E-state index is -0.314. The molecule has 2 heterocycles. The van der Waals surface area contributed by atoms with Gasteiger partial charge in [-0.2, -0.15) is 0 Å². The van der Waals surface area contributed by atoms with E-state index in [2.05, 4.69) is 34.4 Å². The fourth-order valence-corrected chi connectivity index (χ4v) is 5.17. The van der Waals surface area contributed by atoms with Crippen molar-refractivity contribution in [3.05, 3.63) is 92.8 Å². The van der Waals surface area contributed by atoms with Gasteiger partial charge in [-0.3, -0.25) is 19.0 Å². The van der Waals surface area contributed by atoms with Crippen LogP contribution in [0.1, 0.15) is 45.0 Å². The van der Waals surface area contributed by atoms with Gasteiger partial charge in [0.25, 0.3) is 17.4 Å². The van der Waals surface area contributed by atoms with E-state index in [1.807, 2.05) is 30.3 Å². The van der Waals surface area contributed by atoms with Crippen LogP contribution in [0, 0.1) is 6.92 Å². The number of aromatic nitrogens is 2. The normalized spacial score (nSPS) is 11.1. The molecule has 4 aromatic rings. The van der Waals surface area contributed by atoms with Gasteiger partial charge in [-0.15, -0.1) is 11.3 Å². The minimum absolute atomic E-state index is 0.150. The molecule has 0 bridgehead atoms. The summed E-state index contributed by atoms with van der Waals surface area (Å²) in [5, 5.41) is 6.26. The zero-order valence-electron chi connectivity index (χ0n) is 21.3. The molecule has 0 aliphatic rings. The maximum absolute atomic E-state index is 13.2. The highest BCUT2D eigenvalue weighted by atomic mass is 32.1. The second-order valence-electron chi connectivity index (χ2n) is 8.71. The van der Waals surface area contributed by atoms with Gasteiger partial charge in [-0.1, -0.05) is 44.2 Å². The quantitative estimate of drug-likeness (QED) is 0.330. The van der Waals surface area contributed by atoms with Gasteiger partial charge in [0, 0.05) is 24.3 Å². The molecule has 2 aromatic heterocycles.